The minimum Gasteiger partial charge on any atom is -0.332 e. The second-order valence-electron chi connectivity index (χ2n) is 5.80. The van der Waals surface area contributed by atoms with Crippen molar-refractivity contribution < 1.29 is 13.2 Å². The highest BCUT2D eigenvalue weighted by atomic mass is 19.4. The minimum absolute atomic E-state index is 0.441. The summed E-state index contributed by atoms with van der Waals surface area (Å²) in [6.07, 6.45) is 0.146. The van der Waals surface area contributed by atoms with Crippen molar-refractivity contribution >= 4 is 0 Å². The first kappa shape index (κ1) is 14.2. The molecule has 5 heteroatoms. The molecule has 1 aromatic carbocycles. The molecule has 2 heterocycles. The number of fused-ring (bicyclic) bond motifs is 1. The zero-order valence-electron chi connectivity index (χ0n) is 11.8. The zero-order chi connectivity index (χ0) is 15.0. The van der Waals surface area contributed by atoms with Crippen molar-refractivity contribution in [2.75, 3.05) is 0 Å². The number of halogens is 3. The highest BCUT2D eigenvalue weighted by molar-refractivity contribution is 5.28. The van der Waals surface area contributed by atoms with E-state index in [-0.39, 0.29) is 0 Å². The standard InChI is InChI=1S/C16H17F3N2/c1-11-5-6-14-9-20-15(21(14)10-11)8-12-3-2-4-13(7-12)16(17,18)19/h2-4,7,9,11H,5-6,8,10H2,1H3. The quantitative estimate of drug-likeness (QED) is 0.816. The molecule has 3 rings (SSSR count). The fourth-order valence-electron chi connectivity index (χ4n) is 2.85. The number of aromatic nitrogens is 2. The number of imidazole rings is 1. The van der Waals surface area contributed by atoms with Gasteiger partial charge in [0.25, 0.3) is 0 Å². The van der Waals surface area contributed by atoms with Gasteiger partial charge in [0, 0.05) is 24.9 Å². The molecule has 1 atom stereocenters. The Balaban J connectivity index is 1.86. The molecule has 0 amide bonds. The summed E-state index contributed by atoms with van der Waals surface area (Å²) in [5, 5.41) is 0. The molecule has 0 fully saturated rings. The van der Waals surface area contributed by atoms with Crippen LogP contribution in [0.15, 0.2) is 30.5 Å². The van der Waals surface area contributed by atoms with Crippen LogP contribution in [0.2, 0.25) is 0 Å². The van der Waals surface area contributed by atoms with Crippen molar-refractivity contribution in [2.45, 2.75) is 38.9 Å². The van der Waals surface area contributed by atoms with Crippen LogP contribution in [0.4, 0.5) is 13.2 Å². The summed E-state index contributed by atoms with van der Waals surface area (Å²) in [6.45, 7) is 3.10. The van der Waals surface area contributed by atoms with E-state index in [4.69, 9.17) is 0 Å². The molecule has 2 nitrogen and oxygen atoms in total. The Bertz CT molecular complexity index is 643. The molecule has 0 radical (unpaired) electrons. The lowest BCUT2D eigenvalue weighted by Gasteiger charge is -2.22. The van der Waals surface area contributed by atoms with E-state index in [1.54, 1.807) is 6.07 Å². The smallest absolute Gasteiger partial charge is 0.332 e. The van der Waals surface area contributed by atoms with Crippen LogP contribution in [-0.2, 0) is 25.6 Å². The molecule has 0 spiro atoms. The van der Waals surface area contributed by atoms with Gasteiger partial charge >= 0.3 is 6.18 Å². The maximum Gasteiger partial charge on any atom is 0.416 e. The molecule has 2 aromatic rings. The van der Waals surface area contributed by atoms with E-state index in [2.05, 4.69) is 16.5 Å². The summed E-state index contributed by atoms with van der Waals surface area (Å²) < 4.78 is 40.4. The molecule has 21 heavy (non-hydrogen) atoms. The van der Waals surface area contributed by atoms with E-state index in [1.807, 2.05) is 6.20 Å². The van der Waals surface area contributed by atoms with Crippen LogP contribution < -0.4 is 0 Å². The molecular formula is C16H17F3N2. The number of aryl methyl sites for hydroxylation is 1. The normalized spacial score (nSPS) is 18.6. The van der Waals surface area contributed by atoms with E-state index in [1.165, 1.54) is 17.8 Å². The molecule has 1 aliphatic heterocycles. The molecule has 112 valence electrons. The fourth-order valence-corrected chi connectivity index (χ4v) is 2.85. The molecule has 0 saturated carbocycles. The lowest BCUT2D eigenvalue weighted by atomic mass is 10.00. The first-order chi connectivity index (χ1) is 9.93. The maximum absolute atomic E-state index is 12.8. The fraction of sp³-hybridized carbons (Fsp3) is 0.438. The zero-order valence-corrected chi connectivity index (χ0v) is 11.8. The summed E-state index contributed by atoms with van der Waals surface area (Å²) in [7, 11) is 0. The highest BCUT2D eigenvalue weighted by Crippen LogP contribution is 2.30. The first-order valence-electron chi connectivity index (χ1n) is 7.13. The van der Waals surface area contributed by atoms with Crippen molar-refractivity contribution in [1.29, 1.82) is 0 Å². The SMILES string of the molecule is CC1CCc2cnc(Cc3cccc(C(F)(F)F)c3)n2C1. The summed E-state index contributed by atoms with van der Waals surface area (Å²) in [5.41, 5.74) is 1.24. The average molecular weight is 294 g/mol. The molecule has 1 aliphatic rings. The summed E-state index contributed by atoms with van der Waals surface area (Å²) in [5.74, 6) is 1.45. The molecular weight excluding hydrogens is 277 g/mol. The predicted molar refractivity (Wildman–Crippen MR) is 74.0 cm³/mol. The average Bonchev–Trinajstić information content (AvgIpc) is 2.81. The van der Waals surface area contributed by atoms with E-state index in [9.17, 15) is 13.2 Å². The van der Waals surface area contributed by atoms with Crippen LogP contribution in [0.1, 0.15) is 36.0 Å². The monoisotopic (exact) mass is 294 g/mol. The van der Waals surface area contributed by atoms with Gasteiger partial charge in [-0.3, -0.25) is 0 Å². The summed E-state index contributed by atoms with van der Waals surface area (Å²) >= 11 is 0. The van der Waals surface area contributed by atoms with Crippen LogP contribution in [0.3, 0.4) is 0 Å². The Morgan fingerprint density at radius 2 is 2.14 bits per heavy atom. The van der Waals surface area contributed by atoms with Crippen molar-refractivity contribution in [1.82, 2.24) is 9.55 Å². The van der Waals surface area contributed by atoms with Crippen LogP contribution in [0.5, 0.6) is 0 Å². The van der Waals surface area contributed by atoms with Crippen molar-refractivity contribution in [3.63, 3.8) is 0 Å². The van der Waals surface area contributed by atoms with Crippen LogP contribution in [0, 0.1) is 5.92 Å². The Hall–Kier alpha value is -1.78. The molecule has 0 bridgehead atoms. The lowest BCUT2D eigenvalue weighted by Crippen LogP contribution is -2.19. The molecule has 1 unspecified atom stereocenters. The van der Waals surface area contributed by atoms with Gasteiger partial charge in [-0.2, -0.15) is 13.2 Å². The van der Waals surface area contributed by atoms with Crippen molar-refractivity contribution in [3.8, 4) is 0 Å². The third kappa shape index (κ3) is 2.96. The first-order valence-corrected chi connectivity index (χ1v) is 7.13. The van der Waals surface area contributed by atoms with Gasteiger partial charge in [-0.05, 0) is 30.4 Å². The Morgan fingerprint density at radius 3 is 2.90 bits per heavy atom. The van der Waals surface area contributed by atoms with Gasteiger partial charge in [-0.25, -0.2) is 4.98 Å². The topological polar surface area (TPSA) is 17.8 Å². The number of hydrogen-bond acceptors (Lipinski definition) is 1. The van der Waals surface area contributed by atoms with E-state index >= 15 is 0 Å². The molecule has 0 saturated heterocycles. The molecule has 1 aromatic heterocycles. The van der Waals surface area contributed by atoms with Crippen molar-refractivity contribution in [3.05, 3.63) is 53.1 Å². The number of nitrogens with zero attached hydrogens (tertiary/aromatic N) is 2. The van der Waals surface area contributed by atoms with E-state index in [0.717, 1.165) is 31.3 Å². The van der Waals surface area contributed by atoms with Gasteiger partial charge in [0.05, 0.1) is 5.56 Å². The lowest BCUT2D eigenvalue weighted by molar-refractivity contribution is -0.137. The second-order valence-corrected chi connectivity index (χ2v) is 5.80. The molecule has 0 aliphatic carbocycles. The van der Waals surface area contributed by atoms with E-state index < -0.39 is 11.7 Å². The van der Waals surface area contributed by atoms with Gasteiger partial charge in [0.1, 0.15) is 5.82 Å². The summed E-state index contributed by atoms with van der Waals surface area (Å²) in [4.78, 5) is 4.40. The summed E-state index contributed by atoms with van der Waals surface area (Å²) in [6, 6.07) is 5.50. The Morgan fingerprint density at radius 1 is 1.33 bits per heavy atom. The number of alkyl halides is 3. The van der Waals surface area contributed by atoms with E-state index in [0.29, 0.717) is 17.9 Å². The third-order valence-electron chi connectivity index (χ3n) is 4.02. The van der Waals surface area contributed by atoms with Gasteiger partial charge in [0.15, 0.2) is 0 Å². The van der Waals surface area contributed by atoms with Gasteiger partial charge < -0.3 is 4.57 Å². The Kier molecular flexibility index (Phi) is 3.51. The van der Waals surface area contributed by atoms with Gasteiger partial charge in [-0.15, -0.1) is 0 Å². The van der Waals surface area contributed by atoms with Crippen LogP contribution >= 0.6 is 0 Å². The highest BCUT2D eigenvalue weighted by Gasteiger charge is 2.30. The molecule has 0 N–H and O–H groups in total. The number of rotatable bonds is 2. The minimum atomic E-state index is -4.30. The predicted octanol–water partition coefficient (Wildman–Crippen LogP) is 4.08. The second kappa shape index (κ2) is 5.20. The number of benzene rings is 1. The Labute approximate surface area is 121 Å². The van der Waals surface area contributed by atoms with Crippen LogP contribution in [0.25, 0.3) is 0 Å². The van der Waals surface area contributed by atoms with Gasteiger partial charge in [0.2, 0.25) is 0 Å². The van der Waals surface area contributed by atoms with Crippen LogP contribution in [-0.4, -0.2) is 9.55 Å². The largest absolute Gasteiger partial charge is 0.416 e. The van der Waals surface area contributed by atoms with Crippen molar-refractivity contribution in [2.24, 2.45) is 5.92 Å². The van der Waals surface area contributed by atoms with Gasteiger partial charge in [-0.1, -0.05) is 25.1 Å². The third-order valence-corrected chi connectivity index (χ3v) is 4.02. The number of hydrogen-bond donors (Lipinski definition) is 0. The maximum atomic E-state index is 12.8.